The van der Waals surface area contributed by atoms with E-state index in [1.165, 1.54) is 11.3 Å². The second-order valence-corrected chi connectivity index (χ2v) is 7.21. The van der Waals surface area contributed by atoms with Crippen molar-refractivity contribution in [2.75, 3.05) is 31.1 Å². The molecule has 0 spiro atoms. The first-order valence-electron chi connectivity index (χ1n) is 8.41. The molecule has 4 rings (SSSR count). The highest BCUT2D eigenvalue weighted by Gasteiger charge is 2.24. The van der Waals surface area contributed by atoms with Crippen LogP contribution in [0.15, 0.2) is 47.8 Å². The molecule has 128 valence electrons. The highest BCUT2D eigenvalue weighted by Crippen LogP contribution is 2.24. The third-order valence-corrected chi connectivity index (χ3v) is 5.45. The molecule has 1 amide bonds. The third kappa shape index (κ3) is 3.30. The van der Waals surface area contributed by atoms with Crippen LogP contribution in [0.3, 0.4) is 0 Å². The first kappa shape index (κ1) is 15.9. The van der Waals surface area contributed by atoms with Crippen LogP contribution in [0, 0.1) is 6.92 Å². The number of piperazine rings is 1. The zero-order valence-electron chi connectivity index (χ0n) is 14.1. The summed E-state index contributed by atoms with van der Waals surface area (Å²) in [6, 6.07) is 14.4. The van der Waals surface area contributed by atoms with Crippen LogP contribution >= 0.6 is 11.3 Å². The number of nitrogens with one attached hydrogen (secondary N) is 1. The fourth-order valence-corrected chi connectivity index (χ4v) is 3.77. The van der Waals surface area contributed by atoms with Crippen LogP contribution < -0.4 is 4.90 Å². The van der Waals surface area contributed by atoms with E-state index in [-0.39, 0.29) is 5.91 Å². The van der Waals surface area contributed by atoms with Gasteiger partial charge >= 0.3 is 0 Å². The van der Waals surface area contributed by atoms with Gasteiger partial charge < -0.3 is 9.80 Å². The third-order valence-electron chi connectivity index (χ3n) is 4.55. The van der Waals surface area contributed by atoms with Gasteiger partial charge in [-0.25, -0.2) is 0 Å². The van der Waals surface area contributed by atoms with Gasteiger partial charge in [-0.15, -0.1) is 11.3 Å². The first-order valence-corrected chi connectivity index (χ1v) is 9.29. The lowest BCUT2D eigenvalue weighted by molar-refractivity contribution is 0.0741. The molecule has 25 heavy (non-hydrogen) atoms. The number of aryl methyl sites for hydroxylation is 1. The summed E-state index contributed by atoms with van der Waals surface area (Å²) in [5.74, 6) is 0.00242. The molecule has 0 saturated carbocycles. The molecule has 0 atom stereocenters. The Labute approximate surface area is 150 Å². The number of hydrogen-bond donors (Lipinski definition) is 1. The van der Waals surface area contributed by atoms with Crippen molar-refractivity contribution < 1.29 is 4.79 Å². The number of hydrogen-bond acceptors (Lipinski definition) is 4. The molecule has 2 aromatic heterocycles. The number of amides is 1. The van der Waals surface area contributed by atoms with Gasteiger partial charge in [0.2, 0.25) is 0 Å². The van der Waals surface area contributed by atoms with E-state index in [0.29, 0.717) is 18.8 Å². The van der Waals surface area contributed by atoms with Crippen LogP contribution in [0.2, 0.25) is 0 Å². The maximum absolute atomic E-state index is 12.7. The molecular formula is C19H20N4OS. The topological polar surface area (TPSA) is 52.2 Å². The average molecular weight is 352 g/mol. The summed E-state index contributed by atoms with van der Waals surface area (Å²) in [5, 5.41) is 9.20. The monoisotopic (exact) mass is 352 g/mol. The lowest BCUT2D eigenvalue weighted by Crippen LogP contribution is -2.48. The number of H-pyrrole nitrogens is 1. The summed E-state index contributed by atoms with van der Waals surface area (Å²) in [7, 11) is 0. The maximum Gasteiger partial charge on any atom is 0.274 e. The molecule has 1 N–H and O–H groups in total. The van der Waals surface area contributed by atoms with Crippen molar-refractivity contribution in [3.63, 3.8) is 0 Å². The van der Waals surface area contributed by atoms with Gasteiger partial charge in [-0.3, -0.25) is 9.89 Å². The molecule has 0 bridgehead atoms. The second kappa shape index (κ2) is 6.72. The number of benzene rings is 1. The van der Waals surface area contributed by atoms with Crippen molar-refractivity contribution in [2.24, 2.45) is 0 Å². The largest absolute Gasteiger partial charge is 0.368 e. The van der Waals surface area contributed by atoms with Gasteiger partial charge in [0.25, 0.3) is 5.91 Å². The molecular weight excluding hydrogens is 332 g/mol. The van der Waals surface area contributed by atoms with Crippen molar-refractivity contribution in [1.82, 2.24) is 15.1 Å². The smallest absolute Gasteiger partial charge is 0.274 e. The summed E-state index contributed by atoms with van der Waals surface area (Å²) >= 11 is 1.63. The van der Waals surface area contributed by atoms with Crippen molar-refractivity contribution in [3.05, 3.63) is 59.1 Å². The Balaban J connectivity index is 1.40. The van der Waals surface area contributed by atoms with Crippen molar-refractivity contribution >= 4 is 22.9 Å². The molecule has 5 nitrogen and oxygen atoms in total. The highest BCUT2D eigenvalue weighted by molar-refractivity contribution is 7.13. The van der Waals surface area contributed by atoms with Gasteiger partial charge in [0.1, 0.15) is 0 Å². The van der Waals surface area contributed by atoms with Crippen molar-refractivity contribution in [2.45, 2.75) is 6.92 Å². The Morgan fingerprint density at radius 3 is 2.56 bits per heavy atom. The van der Waals surface area contributed by atoms with E-state index in [1.54, 1.807) is 11.3 Å². The number of anilines is 1. The number of carbonyl (C=O) groups is 1. The van der Waals surface area contributed by atoms with Gasteiger partial charge in [-0.2, -0.15) is 5.10 Å². The predicted molar refractivity (Wildman–Crippen MR) is 101 cm³/mol. The van der Waals surface area contributed by atoms with Gasteiger partial charge in [0, 0.05) is 31.9 Å². The molecule has 1 saturated heterocycles. The van der Waals surface area contributed by atoms with Crippen LogP contribution in [0.25, 0.3) is 10.6 Å². The van der Waals surface area contributed by atoms with Gasteiger partial charge in [-0.05, 0) is 36.6 Å². The quantitative estimate of drug-likeness (QED) is 0.786. The van der Waals surface area contributed by atoms with Crippen LogP contribution in [0.1, 0.15) is 16.1 Å². The Bertz CT molecular complexity index is 846. The summed E-state index contributed by atoms with van der Waals surface area (Å²) in [5.41, 5.74) is 3.87. The summed E-state index contributed by atoms with van der Waals surface area (Å²) < 4.78 is 0. The van der Waals surface area contributed by atoms with Crippen LogP contribution in [-0.2, 0) is 0 Å². The fourth-order valence-electron chi connectivity index (χ4n) is 3.07. The van der Waals surface area contributed by atoms with Gasteiger partial charge in [0.15, 0.2) is 5.69 Å². The molecule has 1 aliphatic rings. The van der Waals surface area contributed by atoms with E-state index in [0.717, 1.165) is 23.7 Å². The molecule has 1 aliphatic heterocycles. The van der Waals surface area contributed by atoms with Crippen molar-refractivity contribution in [3.8, 4) is 10.6 Å². The van der Waals surface area contributed by atoms with E-state index >= 15 is 0 Å². The summed E-state index contributed by atoms with van der Waals surface area (Å²) in [6.07, 6.45) is 0. The van der Waals surface area contributed by atoms with E-state index in [4.69, 9.17) is 0 Å². The van der Waals surface area contributed by atoms with Crippen LogP contribution in [0.5, 0.6) is 0 Å². The Morgan fingerprint density at radius 1 is 1.12 bits per heavy atom. The number of aromatic amines is 1. The van der Waals surface area contributed by atoms with E-state index in [1.807, 2.05) is 28.5 Å². The molecule has 0 aliphatic carbocycles. The number of aromatic nitrogens is 2. The lowest BCUT2D eigenvalue weighted by Gasteiger charge is -2.35. The summed E-state index contributed by atoms with van der Waals surface area (Å²) in [4.78, 5) is 18.0. The molecule has 3 aromatic rings. The summed E-state index contributed by atoms with van der Waals surface area (Å²) in [6.45, 7) is 5.21. The Morgan fingerprint density at radius 2 is 1.88 bits per heavy atom. The SMILES string of the molecule is Cc1ccc(N2CCN(C(=O)c3cc(-c4cccs4)[nH]n3)CC2)cc1. The van der Waals surface area contributed by atoms with E-state index in [9.17, 15) is 4.79 Å². The number of carbonyl (C=O) groups excluding carboxylic acids is 1. The normalized spacial score (nSPS) is 14.8. The van der Waals surface area contributed by atoms with Gasteiger partial charge in [-0.1, -0.05) is 23.8 Å². The van der Waals surface area contributed by atoms with Crippen molar-refractivity contribution in [1.29, 1.82) is 0 Å². The standard InChI is InChI=1S/C19H20N4OS/c1-14-4-6-15(7-5-14)22-8-10-23(11-9-22)19(24)17-13-16(20-21-17)18-3-2-12-25-18/h2-7,12-13H,8-11H2,1H3,(H,20,21). The van der Waals surface area contributed by atoms with E-state index < -0.39 is 0 Å². The second-order valence-electron chi connectivity index (χ2n) is 6.26. The zero-order chi connectivity index (χ0) is 17.2. The molecule has 3 heterocycles. The van der Waals surface area contributed by atoms with E-state index in [2.05, 4.69) is 46.3 Å². The first-order chi connectivity index (χ1) is 12.2. The minimum absolute atomic E-state index is 0.00242. The average Bonchev–Trinajstić information content (AvgIpc) is 3.33. The number of nitrogens with zero attached hydrogens (tertiary/aromatic N) is 3. The zero-order valence-corrected chi connectivity index (χ0v) is 14.9. The Kier molecular flexibility index (Phi) is 4.28. The number of rotatable bonds is 3. The molecule has 0 unspecified atom stereocenters. The fraction of sp³-hybridized carbons (Fsp3) is 0.263. The maximum atomic E-state index is 12.7. The van der Waals surface area contributed by atoms with Crippen LogP contribution in [0.4, 0.5) is 5.69 Å². The molecule has 1 fully saturated rings. The van der Waals surface area contributed by atoms with Crippen LogP contribution in [-0.4, -0.2) is 47.2 Å². The number of thiophene rings is 1. The Hall–Kier alpha value is -2.60. The molecule has 6 heteroatoms. The van der Waals surface area contributed by atoms with Gasteiger partial charge in [0.05, 0.1) is 10.6 Å². The molecule has 0 radical (unpaired) electrons. The molecule has 1 aromatic carbocycles. The highest BCUT2D eigenvalue weighted by atomic mass is 32.1. The lowest BCUT2D eigenvalue weighted by atomic mass is 10.2. The minimum Gasteiger partial charge on any atom is -0.368 e. The minimum atomic E-state index is 0.00242. The predicted octanol–water partition coefficient (Wildman–Crippen LogP) is 3.41.